The minimum absolute atomic E-state index is 0.0756. The summed E-state index contributed by atoms with van der Waals surface area (Å²) in [6, 6.07) is 4.23. The lowest BCUT2D eigenvalue weighted by atomic mass is 9.49. The van der Waals surface area contributed by atoms with Gasteiger partial charge in [-0.3, -0.25) is 4.79 Å². The van der Waals surface area contributed by atoms with E-state index in [1.165, 1.54) is 31.4 Å². The summed E-state index contributed by atoms with van der Waals surface area (Å²) in [7, 11) is 0. The Labute approximate surface area is 124 Å². The Morgan fingerprint density at radius 3 is 2.19 bits per heavy atom. The Kier molecular flexibility index (Phi) is 2.78. The van der Waals surface area contributed by atoms with Gasteiger partial charge in [0.2, 0.25) is 5.91 Å². The molecule has 0 unspecified atom stereocenters. The predicted molar refractivity (Wildman–Crippen MR) is 80.0 cm³/mol. The summed E-state index contributed by atoms with van der Waals surface area (Å²) in [5, 5.41) is 2.92. The maximum Gasteiger partial charge on any atom is 0.230 e. The number of hydrogen-bond donors (Lipinski definition) is 2. The highest BCUT2D eigenvalue weighted by atomic mass is 19.1. The zero-order valence-corrected chi connectivity index (χ0v) is 12.1. The fraction of sp³-hybridized carbons (Fsp3) is 0.588. The molecule has 0 aromatic heterocycles. The molecule has 4 aliphatic carbocycles. The lowest BCUT2D eigenvalue weighted by Crippen LogP contribution is -2.51. The monoisotopic (exact) mass is 288 g/mol. The van der Waals surface area contributed by atoms with Crippen LogP contribution in [-0.2, 0) is 4.79 Å². The maximum atomic E-state index is 13.4. The first-order chi connectivity index (χ1) is 10.0. The molecule has 112 valence electrons. The van der Waals surface area contributed by atoms with E-state index in [1.807, 2.05) is 0 Å². The molecule has 0 aliphatic heterocycles. The third-order valence-corrected chi connectivity index (χ3v) is 5.70. The van der Waals surface area contributed by atoms with Crippen LogP contribution in [0.4, 0.5) is 15.8 Å². The number of hydrogen-bond acceptors (Lipinski definition) is 2. The molecule has 21 heavy (non-hydrogen) atoms. The van der Waals surface area contributed by atoms with Crippen molar-refractivity contribution in [2.75, 3.05) is 11.1 Å². The summed E-state index contributed by atoms with van der Waals surface area (Å²) in [5.41, 5.74) is 6.26. The van der Waals surface area contributed by atoms with Crippen LogP contribution in [0.5, 0.6) is 0 Å². The number of nitrogens with one attached hydrogen (secondary N) is 1. The molecule has 1 aromatic carbocycles. The zero-order chi connectivity index (χ0) is 14.6. The summed E-state index contributed by atoms with van der Waals surface area (Å²) in [5.74, 6) is 1.83. The topological polar surface area (TPSA) is 55.1 Å². The van der Waals surface area contributed by atoms with E-state index in [0.29, 0.717) is 11.4 Å². The van der Waals surface area contributed by atoms with E-state index in [-0.39, 0.29) is 11.3 Å². The third-order valence-electron chi connectivity index (χ3n) is 5.70. The van der Waals surface area contributed by atoms with Gasteiger partial charge >= 0.3 is 0 Å². The van der Waals surface area contributed by atoms with Gasteiger partial charge in [0.05, 0.1) is 5.41 Å². The highest BCUT2D eigenvalue weighted by Crippen LogP contribution is 2.60. The number of nitrogen functional groups attached to an aromatic ring is 1. The molecule has 4 aliphatic rings. The number of anilines is 2. The van der Waals surface area contributed by atoms with Crippen molar-refractivity contribution in [2.45, 2.75) is 38.5 Å². The number of rotatable bonds is 2. The second-order valence-corrected chi connectivity index (χ2v) is 7.43. The number of nitrogens with two attached hydrogens (primary N) is 1. The Balaban J connectivity index is 1.57. The van der Waals surface area contributed by atoms with Crippen LogP contribution < -0.4 is 11.1 Å². The fourth-order valence-electron chi connectivity index (χ4n) is 5.34. The van der Waals surface area contributed by atoms with E-state index in [1.54, 1.807) is 6.07 Å². The van der Waals surface area contributed by atoms with Gasteiger partial charge in [0.15, 0.2) is 0 Å². The van der Waals surface area contributed by atoms with Crippen LogP contribution in [0.1, 0.15) is 38.5 Å². The van der Waals surface area contributed by atoms with Crippen LogP contribution in [0, 0.1) is 29.0 Å². The van der Waals surface area contributed by atoms with Gasteiger partial charge in [-0.15, -0.1) is 0 Å². The van der Waals surface area contributed by atoms with Crippen molar-refractivity contribution in [1.29, 1.82) is 0 Å². The summed E-state index contributed by atoms with van der Waals surface area (Å²) in [6.07, 6.45) is 6.94. The largest absolute Gasteiger partial charge is 0.399 e. The fourth-order valence-corrected chi connectivity index (χ4v) is 5.34. The minimum atomic E-state index is -0.407. The second kappa shape index (κ2) is 4.46. The maximum absolute atomic E-state index is 13.4. The molecule has 1 amide bonds. The first-order valence-electron chi connectivity index (χ1n) is 7.90. The number of amides is 1. The summed E-state index contributed by atoms with van der Waals surface area (Å²) >= 11 is 0. The first-order valence-corrected chi connectivity index (χ1v) is 7.90. The van der Waals surface area contributed by atoms with Crippen molar-refractivity contribution >= 4 is 17.3 Å². The van der Waals surface area contributed by atoms with E-state index in [4.69, 9.17) is 5.73 Å². The molecule has 3 nitrogen and oxygen atoms in total. The van der Waals surface area contributed by atoms with Crippen LogP contribution in [0.3, 0.4) is 0 Å². The van der Waals surface area contributed by atoms with E-state index in [0.717, 1.165) is 37.0 Å². The average molecular weight is 288 g/mol. The molecule has 1 aromatic rings. The predicted octanol–water partition coefficient (Wildman–Crippen LogP) is 3.56. The van der Waals surface area contributed by atoms with Crippen molar-refractivity contribution in [3.63, 3.8) is 0 Å². The first kappa shape index (κ1) is 13.1. The minimum Gasteiger partial charge on any atom is -0.399 e. The lowest BCUT2D eigenvalue weighted by Gasteiger charge is -2.55. The van der Waals surface area contributed by atoms with E-state index < -0.39 is 5.82 Å². The zero-order valence-electron chi connectivity index (χ0n) is 12.1. The molecule has 0 heterocycles. The number of carbonyl (C=O) groups is 1. The van der Waals surface area contributed by atoms with Crippen molar-refractivity contribution < 1.29 is 9.18 Å². The second-order valence-electron chi connectivity index (χ2n) is 7.43. The Morgan fingerprint density at radius 2 is 1.67 bits per heavy atom. The number of carbonyl (C=O) groups excluding carboxylic acids is 1. The normalized spacial score (nSPS) is 36.7. The molecule has 4 fully saturated rings. The van der Waals surface area contributed by atoms with Crippen molar-refractivity contribution in [3.05, 3.63) is 24.0 Å². The molecule has 0 radical (unpaired) electrons. The molecule has 4 saturated carbocycles. The standard InChI is InChI=1S/C17H21FN2O/c18-13-4-14(19)6-15(5-13)20-16(21)17-7-10-1-11(8-17)3-12(2-10)9-17/h4-6,10-12H,1-3,7-9,19H2,(H,20,21). The van der Waals surface area contributed by atoms with Crippen LogP contribution >= 0.6 is 0 Å². The van der Waals surface area contributed by atoms with Crippen LogP contribution in [0.2, 0.25) is 0 Å². The Bertz CT molecular complexity index is 543. The lowest BCUT2D eigenvalue weighted by molar-refractivity contribution is -0.140. The average Bonchev–Trinajstić information content (AvgIpc) is 2.35. The van der Waals surface area contributed by atoms with E-state index in [9.17, 15) is 9.18 Å². The van der Waals surface area contributed by atoms with Gasteiger partial charge in [-0.1, -0.05) is 0 Å². The van der Waals surface area contributed by atoms with E-state index >= 15 is 0 Å². The number of benzene rings is 1. The molecular weight excluding hydrogens is 267 g/mol. The van der Waals surface area contributed by atoms with Gasteiger partial charge in [-0.05, 0) is 74.5 Å². The molecule has 4 heteroatoms. The molecular formula is C17H21FN2O. The molecule has 4 bridgehead atoms. The van der Waals surface area contributed by atoms with Gasteiger partial charge in [0.1, 0.15) is 5.82 Å². The van der Waals surface area contributed by atoms with Crippen molar-refractivity contribution in [1.82, 2.24) is 0 Å². The SMILES string of the molecule is Nc1cc(F)cc(NC(=O)C23CC4CC(CC(C4)C2)C3)c1. The smallest absolute Gasteiger partial charge is 0.230 e. The Hall–Kier alpha value is -1.58. The molecule has 3 N–H and O–H groups in total. The number of halogens is 1. The van der Waals surface area contributed by atoms with Gasteiger partial charge in [0.25, 0.3) is 0 Å². The van der Waals surface area contributed by atoms with Gasteiger partial charge in [-0.2, -0.15) is 0 Å². The molecule has 0 spiro atoms. The van der Waals surface area contributed by atoms with Crippen LogP contribution in [0.15, 0.2) is 18.2 Å². The van der Waals surface area contributed by atoms with Crippen molar-refractivity contribution in [3.8, 4) is 0 Å². The summed E-state index contributed by atoms with van der Waals surface area (Å²) < 4.78 is 13.4. The van der Waals surface area contributed by atoms with Crippen LogP contribution in [0.25, 0.3) is 0 Å². The molecule has 5 rings (SSSR count). The van der Waals surface area contributed by atoms with Gasteiger partial charge < -0.3 is 11.1 Å². The van der Waals surface area contributed by atoms with E-state index in [2.05, 4.69) is 5.32 Å². The van der Waals surface area contributed by atoms with Crippen LogP contribution in [-0.4, -0.2) is 5.91 Å². The third kappa shape index (κ3) is 2.21. The molecule has 0 atom stereocenters. The summed E-state index contributed by atoms with van der Waals surface area (Å²) in [4.78, 5) is 12.8. The Morgan fingerprint density at radius 1 is 1.10 bits per heavy atom. The van der Waals surface area contributed by atoms with Crippen molar-refractivity contribution in [2.24, 2.45) is 23.2 Å². The van der Waals surface area contributed by atoms with Gasteiger partial charge in [-0.25, -0.2) is 4.39 Å². The highest BCUT2D eigenvalue weighted by Gasteiger charge is 2.54. The quantitative estimate of drug-likeness (QED) is 0.817. The molecule has 0 saturated heterocycles. The summed E-state index contributed by atoms with van der Waals surface area (Å²) in [6.45, 7) is 0. The van der Waals surface area contributed by atoms with Gasteiger partial charge in [0, 0.05) is 11.4 Å². The highest BCUT2D eigenvalue weighted by molar-refractivity contribution is 5.96.